The summed E-state index contributed by atoms with van der Waals surface area (Å²) in [4.78, 5) is 0. The van der Waals surface area contributed by atoms with Gasteiger partial charge in [0.2, 0.25) is 0 Å². The van der Waals surface area contributed by atoms with Crippen molar-refractivity contribution in [2.45, 2.75) is 45.3 Å². The summed E-state index contributed by atoms with van der Waals surface area (Å²) < 4.78 is 0. The average molecular weight is 222 g/mol. The maximum Gasteiger partial charge on any atom is 0.0644 e. The summed E-state index contributed by atoms with van der Waals surface area (Å²) in [5, 5.41) is 20.3. The lowest BCUT2D eigenvalue weighted by Gasteiger charge is -2.48. The Bertz CT molecular complexity index is 324. The molecular formula is C14H22O2. The molecule has 0 aromatic carbocycles. The number of aliphatic hydroxyl groups is 2. The van der Waals surface area contributed by atoms with Crippen molar-refractivity contribution in [1.82, 2.24) is 0 Å². The highest BCUT2D eigenvalue weighted by atomic mass is 16.3. The molecule has 90 valence electrons. The normalized spacial score (nSPS) is 43.2. The summed E-state index contributed by atoms with van der Waals surface area (Å²) in [6.45, 7) is 5.79. The SMILES string of the molecule is CC(C)(O)C1C[C@@H]2C=CC=C[C@]2(C)CC1O. The summed E-state index contributed by atoms with van der Waals surface area (Å²) in [6, 6.07) is 0. The third-order valence-electron chi connectivity index (χ3n) is 4.31. The van der Waals surface area contributed by atoms with Crippen molar-refractivity contribution in [2.75, 3.05) is 0 Å². The lowest BCUT2D eigenvalue weighted by Crippen LogP contribution is -2.49. The minimum atomic E-state index is -0.796. The largest absolute Gasteiger partial charge is 0.393 e. The van der Waals surface area contributed by atoms with E-state index in [9.17, 15) is 10.2 Å². The van der Waals surface area contributed by atoms with E-state index in [2.05, 4.69) is 31.2 Å². The molecule has 0 radical (unpaired) electrons. The van der Waals surface area contributed by atoms with E-state index in [4.69, 9.17) is 0 Å². The lowest BCUT2D eigenvalue weighted by molar-refractivity contribution is -0.0942. The Hall–Kier alpha value is -0.600. The second-order valence-electron chi connectivity index (χ2n) is 6.12. The van der Waals surface area contributed by atoms with E-state index in [1.54, 1.807) is 13.8 Å². The molecule has 0 amide bonds. The number of allylic oxidation sites excluding steroid dienone is 4. The standard InChI is InChI=1S/C14H22O2/c1-13(2,16)11-8-10-6-4-5-7-14(10,3)9-12(11)15/h4-7,10-12,15-16H,8-9H2,1-3H3/t10-,11?,12?,14+/m0/s1. The zero-order chi connectivity index (χ0) is 12.0. The third kappa shape index (κ3) is 1.96. The highest BCUT2D eigenvalue weighted by Crippen LogP contribution is 2.49. The molecule has 1 fully saturated rings. The molecule has 2 nitrogen and oxygen atoms in total. The fraction of sp³-hybridized carbons (Fsp3) is 0.714. The fourth-order valence-corrected chi connectivity index (χ4v) is 3.17. The van der Waals surface area contributed by atoms with Crippen LogP contribution in [0.15, 0.2) is 24.3 Å². The Morgan fingerprint density at radius 2 is 2.00 bits per heavy atom. The first-order valence-corrected chi connectivity index (χ1v) is 6.09. The molecule has 0 aromatic rings. The molecule has 2 aliphatic rings. The van der Waals surface area contributed by atoms with Crippen LogP contribution in [0.3, 0.4) is 0 Å². The molecule has 0 bridgehead atoms. The number of hydrogen-bond acceptors (Lipinski definition) is 2. The van der Waals surface area contributed by atoms with Gasteiger partial charge in [-0.3, -0.25) is 0 Å². The second kappa shape index (κ2) is 3.71. The number of hydrogen-bond donors (Lipinski definition) is 2. The van der Waals surface area contributed by atoms with E-state index in [1.807, 2.05) is 0 Å². The summed E-state index contributed by atoms with van der Waals surface area (Å²) in [7, 11) is 0. The van der Waals surface area contributed by atoms with Crippen molar-refractivity contribution in [3.05, 3.63) is 24.3 Å². The summed E-state index contributed by atoms with van der Waals surface area (Å²) in [5.74, 6) is 0.416. The Morgan fingerprint density at radius 3 is 2.62 bits per heavy atom. The minimum Gasteiger partial charge on any atom is -0.393 e. The van der Waals surface area contributed by atoms with E-state index in [1.165, 1.54) is 0 Å². The van der Waals surface area contributed by atoms with Crippen molar-refractivity contribution in [3.8, 4) is 0 Å². The molecule has 2 rings (SSSR count). The van der Waals surface area contributed by atoms with Crippen molar-refractivity contribution in [1.29, 1.82) is 0 Å². The first-order chi connectivity index (χ1) is 7.33. The molecule has 2 N–H and O–H groups in total. The van der Waals surface area contributed by atoms with Gasteiger partial charge in [0, 0.05) is 5.92 Å². The van der Waals surface area contributed by atoms with Crippen LogP contribution in [0.2, 0.25) is 0 Å². The van der Waals surface area contributed by atoms with Crippen LogP contribution in [0.25, 0.3) is 0 Å². The number of aliphatic hydroxyl groups excluding tert-OH is 1. The van der Waals surface area contributed by atoms with E-state index in [0.717, 1.165) is 12.8 Å². The van der Waals surface area contributed by atoms with Gasteiger partial charge in [0.1, 0.15) is 0 Å². The van der Waals surface area contributed by atoms with Crippen molar-refractivity contribution in [3.63, 3.8) is 0 Å². The molecule has 2 aliphatic carbocycles. The Labute approximate surface area is 97.7 Å². The monoisotopic (exact) mass is 222 g/mol. The Morgan fingerprint density at radius 1 is 1.31 bits per heavy atom. The molecule has 0 aromatic heterocycles. The van der Waals surface area contributed by atoms with Crippen LogP contribution in [0.4, 0.5) is 0 Å². The van der Waals surface area contributed by atoms with Crippen LogP contribution in [0.5, 0.6) is 0 Å². The second-order valence-corrected chi connectivity index (χ2v) is 6.12. The number of rotatable bonds is 1. The third-order valence-corrected chi connectivity index (χ3v) is 4.31. The van der Waals surface area contributed by atoms with Crippen molar-refractivity contribution < 1.29 is 10.2 Å². The van der Waals surface area contributed by atoms with Gasteiger partial charge in [-0.05, 0) is 38.0 Å². The van der Waals surface area contributed by atoms with Gasteiger partial charge < -0.3 is 10.2 Å². The van der Waals surface area contributed by atoms with Gasteiger partial charge in [0.15, 0.2) is 0 Å². The molecule has 1 saturated carbocycles. The first-order valence-electron chi connectivity index (χ1n) is 6.09. The highest BCUT2D eigenvalue weighted by molar-refractivity contribution is 5.21. The Balaban J connectivity index is 2.22. The molecular weight excluding hydrogens is 200 g/mol. The maximum absolute atomic E-state index is 10.2. The Kier molecular flexibility index (Phi) is 2.75. The van der Waals surface area contributed by atoms with Gasteiger partial charge in [-0.15, -0.1) is 0 Å². The summed E-state index contributed by atoms with van der Waals surface area (Å²) in [6.07, 6.45) is 9.75. The molecule has 0 spiro atoms. The molecule has 0 aliphatic heterocycles. The van der Waals surface area contributed by atoms with Gasteiger partial charge in [0.25, 0.3) is 0 Å². The predicted octanol–water partition coefficient (Wildman–Crippen LogP) is 2.28. The van der Waals surface area contributed by atoms with E-state index < -0.39 is 11.7 Å². The molecule has 16 heavy (non-hydrogen) atoms. The van der Waals surface area contributed by atoms with Crippen LogP contribution in [0, 0.1) is 17.3 Å². The first kappa shape index (κ1) is 11.9. The lowest BCUT2D eigenvalue weighted by atomic mass is 9.59. The fourth-order valence-electron chi connectivity index (χ4n) is 3.17. The highest BCUT2D eigenvalue weighted by Gasteiger charge is 2.46. The van der Waals surface area contributed by atoms with Gasteiger partial charge in [-0.25, -0.2) is 0 Å². The van der Waals surface area contributed by atoms with Crippen molar-refractivity contribution >= 4 is 0 Å². The van der Waals surface area contributed by atoms with Crippen LogP contribution in [-0.4, -0.2) is 21.9 Å². The minimum absolute atomic E-state index is 0.0262. The van der Waals surface area contributed by atoms with Crippen LogP contribution < -0.4 is 0 Å². The van der Waals surface area contributed by atoms with Crippen LogP contribution in [-0.2, 0) is 0 Å². The van der Waals surface area contributed by atoms with Gasteiger partial charge in [-0.1, -0.05) is 31.2 Å². The van der Waals surface area contributed by atoms with Crippen LogP contribution in [0.1, 0.15) is 33.6 Å². The van der Waals surface area contributed by atoms with Gasteiger partial charge >= 0.3 is 0 Å². The molecule has 0 saturated heterocycles. The smallest absolute Gasteiger partial charge is 0.0644 e. The maximum atomic E-state index is 10.2. The van der Waals surface area contributed by atoms with Gasteiger partial charge in [-0.2, -0.15) is 0 Å². The topological polar surface area (TPSA) is 40.5 Å². The van der Waals surface area contributed by atoms with Crippen LogP contribution >= 0.6 is 0 Å². The number of fused-ring (bicyclic) bond motifs is 1. The summed E-state index contributed by atoms with van der Waals surface area (Å²) in [5.41, 5.74) is -0.730. The molecule has 2 heteroatoms. The predicted molar refractivity (Wildman–Crippen MR) is 64.9 cm³/mol. The molecule has 0 heterocycles. The average Bonchev–Trinajstić information content (AvgIpc) is 2.13. The summed E-state index contributed by atoms with van der Waals surface area (Å²) >= 11 is 0. The van der Waals surface area contributed by atoms with E-state index >= 15 is 0 Å². The molecule has 2 unspecified atom stereocenters. The van der Waals surface area contributed by atoms with Gasteiger partial charge in [0.05, 0.1) is 11.7 Å². The van der Waals surface area contributed by atoms with E-state index in [0.29, 0.717) is 5.92 Å². The quantitative estimate of drug-likeness (QED) is 0.714. The zero-order valence-corrected chi connectivity index (χ0v) is 10.4. The van der Waals surface area contributed by atoms with E-state index in [-0.39, 0.29) is 11.3 Å². The zero-order valence-electron chi connectivity index (χ0n) is 10.4. The van der Waals surface area contributed by atoms with Crippen molar-refractivity contribution in [2.24, 2.45) is 17.3 Å². The molecule has 4 atom stereocenters.